The van der Waals surface area contributed by atoms with Gasteiger partial charge in [0.15, 0.2) is 6.19 Å². The van der Waals surface area contributed by atoms with E-state index < -0.39 is 0 Å². The fourth-order valence-electron chi connectivity index (χ4n) is 3.86. The van der Waals surface area contributed by atoms with Gasteiger partial charge in [-0.2, -0.15) is 5.26 Å². The van der Waals surface area contributed by atoms with Crippen LogP contribution < -0.4 is 10.2 Å². The van der Waals surface area contributed by atoms with E-state index in [0.29, 0.717) is 61.4 Å². The Morgan fingerprint density at radius 3 is 2.62 bits per heavy atom. The molecule has 0 saturated carbocycles. The Morgan fingerprint density at radius 1 is 1.16 bits per heavy atom. The van der Waals surface area contributed by atoms with Crippen molar-refractivity contribution in [3.8, 4) is 17.5 Å². The molecular weight excluding hydrogens is 472 g/mol. The molecule has 1 saturated heterocycles. The van der Waals surface area contributed by atoms with Gasteiger partial charge in [0.2, 0.25) is 5.95 Å². The minimum Gasteiger partial charge on any atom is -0.462 e. The number of carbonyl (C=O) groups excluding carboxylic acids is 2. The van der Waals surface area contributed by atoms with E-state index in [1.54, 1.807) is 48.8 Å². The number of aromatic nitrogens is 2. The van der Waals surface area contributed by atoms with Crippen molar-refractivity contribution in [2.24, 2.45) is 0 Å². The molecule has 10 heteroatoms. The van der Waals surface area contributed by atoms with Crippen LogP contribution in [0.5, 0.6) is 0 Å². The Balaban J connectivity index is 1.56. The van der Waals surface area contributed by atoms with Crippen LogP contribution in [0.15, 0.2) is 54.7 Å². The maximum absolute atomic E-state index is 12.9. The van der Waals surface area contributed by atoms with Crippen LogP contribution >= 0.6 is 0 Å². The summed E-state index contributed by atoms with van der Waals surface area (Å²) in [6, 6.07) is 14.1. The summed E-state index contributed by atoms with van der Waals surface area (Å²) in [5.74, 6) is -0.403. The maximum Gasteiger partial charge on any atom is 0.340 e. The third kappa shape index (κ3) is 6.20. The molecule has 1 aliphatic heterocycles. The van der Waals surface area contributed by atoms with Crippen LogP contribution in [0.1, 0.15) is 34.1 Å². The topological polar surface area (TPSA) is 121 Å². The van der Waals surface area contributed by atoms with Gasteiger partial charge in [-0.25, -0.2) is 19.7 Å². The predicted molar refractivity (Wildman–Crippen MR) is 139 cm³/mol. The lowest BCUT2D eigenvalue weighted by atomic mass is 10.1. The smallest absolute Gasteiger partial charge is 0.340 e. The van der Waals surface area contributed by atoms with Gasteiger partial charge in [0.05, 0.1) is 36.8 Å². The lowest BCUT2D eigenvalue weighted by molar-refractivity contribution is 0.0505. The molecule has 190 valence electrons. The molecule has 0 aliphatic carbocycles. The second kappa shape index (κ2) is 12.0. The molecule has 3 aromatic rings. The number of ether oxygens (including phenoxy) is 2. The molecule has 1 aliphatic rings. The summed E-state index contributed by atoms with van der Waals surface area (Å²) in [7, 11) is 1.42. The Kier molecular flexibility index (Phi) is 8.28. The number of benzene rings is 2. The molecule has 0 unspecified atom stereocenters. The fourth-order valence-corrected chi connectivity index (χ4v) is 3.86. The molecule has 1 fully saturated rings. The van der Waals surface area contributed by atoms with Crippen molar-refractivity contribution in [3.63, 3.8) is 0 Å². The van der Waals surface area contributed by atoms with E-state index in [4.69, 9.17) is 14.7 Å². The third-order valence-electron chi connectivity index (χ3n) is 5.80. The van der Waals surface area contributed by atoms with E-state index in [1.165, 1.54) is 7.05 Å². The van der Waals surface area contributed by atoms with Crippen LogP contribution in [-0.2, 0) is 9.47 Å². The molecule has 0 atom stereocenters. The number of amides is 1. The van der Waals surface area contributed by atoms with E-state index in [9.17, 15) is 9.59 Å². The molecule has 1 N–H and O–H groups in total. The molecule has 1 amide bonds. The minimum absolute atomic E-state index is 0.349. The molecule has 0 spiro atoms. The van der Waals surface area contributed by atoms with Gasteiger partial charge in [0.1, 0.15) is 0 Å². The summed E-state index contributed by atoms with van der Waals surface area (Å²) in [4.78, 5) is 37.0. The zero-order chi connectivity index (χ0) is 26.2. The Morgan fingerprint density at radius 2 is 1.92 bits per heavy atom. The normalized spacial score (nSPS) is 12.9. The molecular formula is C27H28N6O4. The van der Waals surface area contributed by atoms with Crippen molar-refractivity contribution in [1.82, 2.24) is 14.9 Å². The summed E-state index contributed by atoms with van der Waals surface area (Å²) in [5, 5.41) is 12.1. The molecule has 10 nitrogen and oxygen atoms in total. The van der Waals surface area contributed by atoms with E-state index in [-0.39, 0.29) is 11.9 Å². The summed E-state index contributed by atoms with van der Waals surface area (Å²) < 4.78 is 10.9. The molecule has 2 aromatic carbocycles. The van der Waals surface area contributed by atoms with Crippen molar-refractivity contribution >= 4 is 29.2 Å². The number of morpholine rings is 1. The first kappa shape index (κ1) is 25.6. The summed E-state index contributed by atoms with van der Waals surface area (Å²) >= 11 is 0. The zero-order valence-electron chi connectivity index (χ0n) is 20.8. The van der Waals surface area contributed by atoms with Crippen molar-refractivity contribution in [1.29, 1.82) is 5.26 Å². The number of rotatable bonds is 8. The van der Waals surface area contributed by atoms with Gasteiger partial charge in [-0.3, -0.25) is 4.79 Å². The highest BCUT2D eigenvalue weighted by Gasteiger charge is 2.21. The van der Waals surface area contributed by atoms with Gasteiger partial charge in [-0.1, -0.05) is 19.1 Å². The fraction of sp³-hybridized carbons (Fsp3) is 0.296. The highest BCUT2D eigenvalue weighted by molar-refractivity contribution is 5.97. The second-order valence-electron chi connectivity index (χ2n) is 8.40. The van der Waals surface area contributed by atoms with Crippen LogP contribution in [0.25, 0.3) is 11.3 Å². The first-order chi connectivity index (χ1) is 18.0. The second-order valence-corrected chi connectivity index (χ2v) is 8.40. The van der Waals surface area contributed by atoms with Crippen molar-refractivity contribution in [2.75, 3.05) is 50.2 Å². The van der Waals surface area contributed by atoms with Gasteiger partial charge in [-0.15, -0.1) is 0 Å². The van der Waals surface area contributed by atoms with E-state index in [2.05, 4.69) is 20.2 Å². The number of nitrogens with one attached hydrogen (secondary N) is 1. The molecule has 0 radical (unpaired) electrons. The van der Waals surface area contributed by atoms with E-state index in [0.717, 1.165) is 22.6 Å². The third-order valence-corrected chi connectivity index (χ3v) is 5.80. The Bertz CT molecular complexity index is 1300. The zero-order valence-corrected chi connectivity index (χ0v) is 20.8. The number of hydrogen-bond donors (Lipinski definition) is 1. The predicted octanol–water partition coefficient (Wildman–Crippen LogP) is 3.84. The van der Waals surface area contributed by atoms with Gasteiger partial charge < -0.3 is 19.7 Å². The van der Waals surface area contributed by atoms with E-state index in [1.807, 2.05) is 19.1 Å². The number of carbonyl (C=O) groups is 2. The molecule has 2 heterocycles. The standard InChI is InChI=1S/C27H28N6O4/c1-3-14-37-26(35)22-17-21(8-9-24(22)33-12-15-36-16-13-33)30-27-29-11-10-23(31-27)19-4-6-20(7-5-19)25(34)32(2)18-28/h4-11,17H,3,12-16H2,1-2H3,(H,29,30,31). The lowest BCUT2D eigenvalue weighted by Gasteiger charge is -2.30. The van der Waals surface area contributed by atoms with Crippen LogP contribution in [0.2, 0.25) is 0 Å². The highest BCUT2D eigenvalue weighted by Crippen LogP contribution is 2.28. The molecule has 4 rings (SSSR count). The number of nitriles is 1. The highest BCUT2D eigenvalue weighted by atomic mass is 16.5. The largest absolute Gasteiger partial charge is 0.462 e. The SMILES string of the molecule is CCCOC(=O)c1cc(Nc2nccc(-c3ccc(C(=O)N(C)C#N)cc3)n2)ccc1N1CCOCC1. The first-order valence-corrected chi connectivity index (χ1v) is 12.0. The minimum atomic E-state index is -0.382. The van der Waals surface area contributed by atoms with Gasteiger partial charge in [0.25, 0.3) is 5.91 Å². The number of hydrogen-bond acceptors (Lipinski definition) is 9. The number of nitrogens with zero attached hydrogens (tertiary/aromatic N) is 5. The first-order valence-electron chi connectivity index (χ1n) is 12.0. The van der Waals surface area contributed by atoms with Crippen LogP contribution in [0.4, 0.5) is 17.3 Å². The van der Waals surface area contributed by atoms with Crippen molar-refractivity contribution < 1.29 is 19.1 Å². The molecule has 0 bridgehead atoms. The van der Waals surface area contributed by atoms with Crippen molar-refractivity contribution in [3.05, 3.63) is 65.9 Å². The lowest BCUT2D eigenvalue weighted by Crippen LogP contribution is -2.37. The van der Waals surface area contributed by atoms with E-state index >= 15 is 0 Å². The van der Waals surface area contributed by atoms with Crippen LogP contribution in [0.3, 0.4) is 0 Å². The molecule has 37 heavy (non-hydrogen) atoms. The van der Waals surface area contributed by atoms with Crippen molar-refractivity contribution in [2.45, 2.75) is 13.3 Å². The molecule has 1 aromatic heterocycles. The van der Waals surface area contributed by atoms with Gasteiger partial charge in [0, 0.05) is 43.1 Å². The van der Waals surface area contributed by atoms with Crippen LogP contribution in [-0.4, -0.2) is 66.7 Å². The summed E-state index contributed by atoms with van der Waals surface area (Å²) in [5.41, 5.74) is 3.77. The Hall–Kier alpha value is -4.49. The summed E-state index contributed by atoms with van der Waals surface area (Å²) in [6.45, 7) is 4.91. The maximum atomic E-state index is 12.9. The van der Waals surface area contributed by atoms with Crippen LogP contribution in [0, 0.1) is 11.5 Å². The summed E-state index contributed by atoms with van der Waals surface area (Å²) in [6.07, 6.45) is 4.17. The number of anilines is 3. The quantitative estimate of drug-likeness (QED) is 0.279. The average molecular weight is 501 g/mol. The Labute approximate surface area is 215 Å². The van der Waals surface area contributed by atoms with Gasteiger partial charge >= 0.3 is 5.97 Å². The monoisotopic (exact) mass is 500 g/mol. The number of esters is 1. The van der Waals surface area contributed by atoms with Gasteiger partial charge in [-0.05, 0) is 42.8 Å². The average Bonchev–Trinajstić information content (AvgIpc) is 2.95.